The molecule has 0 bridgehead atoms. The third-order valence-electron chi connectivity index (χ3n) is 5.68. The number of hydrogen-bond acceptors (Lipinski definition) is 4. The minimum Gasteiger partial charge on any atom is -0.497 e. The molecular formula is C23H18BrFN2O4. The first-order valence-corrected chi connectivity index (χ1v) is 10.3. The Bertz CT molecular complexity index is 1150. The molecule has 4 rings (SSSR count). The highest BCUT2D eigenvalue weighted by Gasteiger charge is 2.56. The molecule has 0 aliphatic carbocycles. The molecule has 1 heterocycles. The Balaban J connectivity index is 2.04. The number of carbonyl (C=O) groups excluding carboxylic acids is 1. The molecule has 0 fully saturated rings. The van der Waals surface area contributed by atoms with E-state index < -0.39 is 34.5 Å². The van der Waals surface area contributed by atoms with E-state index in [-0.39, 0.29) is 0 Å². The fourth-order valence-corrected chi connectivity index (χ4v) is 4.58. The summed E-state index contributed by atoms with van der Waals surface area (Å²) in [5.41, 5.74) is 0.433. The molecule has 1 aliphatic heterocycles. The highest BCUT2D eigenvalue weighted by molar-refractivity contribution is 9.10. The first kappa shape index (κ1) is 21.0. The van der Waals surface area contributed by atoms with Gasteiger partial charge in [0.05, 0.1) is 13.0 Å². The van der Waals surface area contributed by atoms with E-state index in [2.05, 4.69) is 21.2 Å². The van der Waals surface area contributed by atoms with Crippen LogP contribution in [0.2, 0.25) is 0 Å². The summed E-state index contributed by atoms with van der Waals surface area (Å²) in [6.45, 7) is -0.517. The predicted octanol–water partition coefficient (Wildman–Crippen LogP) is 4.90. The Hall–Kier alpha value is -3.26. The standard InChI is InChI=1S/C23H18BrFN2O4/c1-31-18-9-4-15(5-10-18)23(19-12-17(25)8-11-21(19)26-22(23)28)20(13-27(29)30)14-2-6-16(24)7-3-14/h2-12,20H,13H2,1H3,(H,26,28)/t20-,23-/m1/s1. The zero-order valence-corrected chi connectivity index (χ0v) is 18.1. The van der Waals surface area contributed by atoms with Gasteiger partial charge in [-0.3, -0.25) is 14.9 Å². The summed E-state index contributed by atoms with van der Waals surface area (Å²) in [7, 11) is 1.52. The lowest BCUT2D eigenvalue weighted by Gasteiger charge is -2.35. The lowest BCUT2D eigenvalue weighted by molar-refractivity contribution is -0.484. The van der Waals surface area contributed by atoms with Crippen molar-refractivity contribution < 1.29 is 18.8 Å². The molecule has 1 N–H and O–H groups in total. The van der Waals surface area contributed by atoms with Crippen LogP contribution < -0.4 is 10.1 Å². The van der Waals surface area contributed by atoms with Crippen molar-refractivity contribution in [3.05, 3.63) is 104 Å². The van der Waals surface area contributed by atoms with E-state index in [9.17, 15) is 19.3 Å². The number of nitrogens with zero attached hydrogens (tertiary/aromatic N) is 1. The molecule has 0 saturated carbocycles. The first-order valence-electron chi connectivity index (χ1n) is 9.49. The number of methoxy groups -OCH3 is 1. The molecule has 0 unspecified atom stereocenters. The van der Waals surface area contributed by atoms with Crippen molar-refractivity contribution in [2.24, 2.45) is 0 Å². The van der Waals surface area contributed by atoms with Crippen LogP contribution >= 0.6 is 15.9 Å². The molecule has 8 heteroatoms. The second-order valence-corrected chi connectivity index (χ2v) is 8.22. The number of hydrogen-bond donors (Lipinski definition) is 1. The molecule has 0 aromatic heterocycles. The Morgan fingerprint density at radius 2 is 1.81 bits per heavy atom. The lowest BCUT2D eigenvalue weighted by Crippen LogP contribution is -2.44. The van der Waals surface area contributed by atoms with E-state index in [1.807, 2.05) is 0 Å². The number of nitro groups is 1. The summed E-state index contributed by atoms with van der Waals surface area (Å²) in [5.74, 6) is -1.27. The number of amides is 1. The number of benzene rings is 3. The van der Waals surface area contributed by atoms with Crippen LogP contribution in [-0.2, 0) is 10.2 Å². The number of fused-ring (bicyclic) bond motifs is 1. The van der Waals surface area contributed by atoms with E-state index >= 15 is 0 Å². The van der Waals surface area contributed by atoms with Crippen LogP contribution in [0.15, 0.2) is 71.2 Å². The van der Waals surface area contributed by atoms with Crippen molar-refractivity contribution in [3.63, 3.8) is 0 Å². The van der Waals surface area contributed by atoms with E-state index in [1.165, 1.54) is 25.3 Å². The molecule has 0 spiro atoms. The zero-order chi connectivity index (χ0) is 22.2. The van der Waals surface area contributed by atoms with Crippen molar-refractivity contribution in [3.8, 4) is 5.75 Å². The SMILES string of the molecule is COc1ccc([C@@]2([C@H](C[N+](=O)[O-])c3ccc(Br)cc3)C(=O)Nc3ccc(F)cc32)cc1. The van der Waals surface area contributed by atoms with Gasteiger partial charge in [-0.2, -0.15) is 0 Å². The summed E-state index contributed by atoms with van der Waals surface area (Å²) >= 11 is 3.37. The molecule has 3 aromatic carbocycles. The van der Waals surface area contributed by atoms with Gasteiger partial charge in [-0.15, -0.1) is 0 Å². The topological polar surface area (TPSA) is 81.5 Å². The summed E-state index contributed by atoms with van der Waals surface area (Å²) in [6.07, 6.45) is 0. The average Bonchev–Trinajstić information content (AvgIpc) is 3.04. The number of rotatable bonds is 6. The van der Waals surface area contributed by atoms with Crippen LogP contribution in [-0.4, -0.2) is 24.5 Å². The van der Waals surface area contributed by atoms with E-state index in [0.29, 0.717) is 28.1 Å². The van der Waals surface area contributed by atoms with Crippen molar-refractivity contribution in [2.45, 2.75) is 11.3 Å². The van der Waals surface area contributed by atoms with Gasteiger partial charge < -0.3 is 10.1 Å². The Morgan fingerprint density at radius 1 is 1.13 bits per heavy atom. The van der Waals surface area contributed by atoms with Crippen LogP contribution in [0.4, 0.5) is 10.1 Å². The maximum Gasteiger partial charge on any atom is 0.240 e. The Labute approximate surface area is 186 Å². The molecule has 1 amide bonds. The molecule has 1 aliphatic rings. The van der Waals surface area contributed by atoms with Crippen LogP contribution in [0.25, 0.3) is 0 Å². The van der Waals surface area contributed by atoms with Crippen LogP contribution in [0.3, 0.4) is 0 Å². The maximum absolute atomic E-state index is 14.3. The molecule has 2 atom stereocenters. The second kappa shape index (κ2) is 8.11. The second-order valence-electron chi connectivity index (χ2n) is 7.30. The summed E-state index contributed by atoms with van der Waals surface area (Å²) in [4.78, 5) is 24.9. The molecule has 31 heavy (non-hydrogen) atoms. The van der Waals surface area contributed by atoms with Gasteiger partial charge in [-0.25, -0.2) is 4.39 Å². The van der Waals surface area contributed by atoms with Gasteiger partial charge in [0.2, 0.25) is 12.5 Å². The highest BCUT2D eigenvalue weighted by Crippen LogP contribution is 2.52. The fraction of sp³-hybridized carbons (Fsp3) is 0.174. The third-order valence-corrected chi connectivity index (χ3v) is 6.21. The largest absolute Gasteiger partial charge is 0.497 e. The minimum absolute atomic E-state index is 0.373. The van der Waals surface area contributed by atoms with Gasteiger partial charge in [-0.05, 0) is 59.2 Å². The van der Waals surface area contributed by atoms with E-state index in [4.69, 9.17) is 4.74 Å². The minimum atomic E-state index is -1.50. The van der Waals surface area contributed by atoms with Gasteiger partial charge in [0.1, 0.15) is 17.0 Å². The summed E-state index contributed by atoms with van der Waals surface area (Å²) < 4.78 is 20.4. The molecule has 0 saturated heterocycles. The molecule has 6 nitrogen and oxygen atoms in total. The highest BCUT2D eigenvalue weighted by atomic mass is 79.9. The molecular weight excluding hydrogens is 467 g/mol. The van der Waals surface area contributed by atoms with Crippen molar-refractivity contribution in [1.82, 2.24) is 0 Å². The summed E-state index contributed by atoms with van der Waals surface area (Å²) in [5, 5.41) is 14.5. The zero-order valence-electron chi connectivity index (χ0n) is 16.5. The number of ether oxygens (including phenoxy) is 1. The Morgan fingerprint density at radius 3 is 2.42 bits per heavy atom. The van der Waals surface area contributed by atoms with Crippen LogP contribution in [0.5, 0.6) is 5.75 Å². The lowest BCUT2D eigenvalue weighted by atomic mass is 9.64. The van der Waals surface area contributed by atoms with Gasteiger partial charge in [0, 0.05) is 15.1 Å². The van der Waals surface area contributed by atoms with Crippen molar-refractivity contribution >= 4 is 27.5 Å². The quantitative estimate of drug-likeness (QED) is 0.398. The number of carbonyl (C=O) groups is 1. The van der Waals surface area contributed by atoms with Crippen molar-refractivity contribution in [2.75, 3.05) is 19.0 Å². The normalized spacial score (nSPS) is 18.2. The maximum atomic E-state index is 14.3. The van der Waals surface area contributed by atoms with Gasteiger partial charge in [-0.1, -0.05) is 40.2 Å². The smallest absolute Gasteiger partial charge is 0.240 e. The summed E-state index contributed by atoms with van der Waals surface area (Å²) in [6, 6.07) is 17.8. The van der Waals surface area contributed by atoms with Crippen LogP contribution in [0, 0.1) is 15.9 Å². The van der Waals surface area contributed by atoms with Crippen LogP contribution in [0.1, 0.15) is 22.6 Å². The van der Waals surface area contributed by atoms with Gasteiger partial charge in [0.15, 0.2) is 0 Å². The van der Waals surface area contributed by atoms with Gasteiger partial charge >= 0.3 is 0 Å². The predicted molar refractivity (Wildman–Crippen MR) is 118 cm³/mol. The third kappa shape index (κ3) is 3.57. The number of nitrogens with one attached hydrogen (secondary N) is 1. The fourth-order valence-electron chi connectivity index (χ4n) is 4.32. The van der Waals surface area contributed by atoms with Crippen molar-refractivity contribution in [1.29, 1.82) is 0 Å². The van der Waals surface area contributed by atoms with Gasteiger partial charge in [0.25, 0.3) is 0 Å². The van der Waals surface area contributed by atoms with E-state index in [1.54, 1.807) is 48.5 Å². The number of anilines is 1. The monoisotopic (exact) mass is 484 g/mol. The average molecular weight is 485 g/mol. The Kier molecular flexibility index (Phi) is 5.49. The number of halogens is 2. The first-order chi connectivity index (χ1) is 14.9. The molecule has 3 aromatic rings. The molecule has 0 radical (unpaired) electrons. The van der Waals surface area contributed by atoms with E-state index in [0.717, 1.165) is 4.47 Å². The molecule has 158 valence electrons.